The number of ether oxygens (including phenoxy) is 1. The number of hydrogen-bond donors (Lipinski definition) is 1. The summed E-state index contributed by atoms with van der Waals surface area (Å²) in [7, 11) is 2.13. The van der Waals surface area contributed by atoms with E-state index >= 15 is 4.79 Å². The number of rotatable bonds is 11. The third-order valence-electron chi connectivity index (χ3n) is 13.8. The zero-order valence-corrected chi connectivity index (χ0v) is 37.3. The zero-order valence-electron chi connectivity index (χ0n) is 37.3. The summed E-state index contributed by atoms with van der Waals surface area (Å²) < 4.78 is 6.47. The Morgan fingerprint density at radius 3 is 2.18 bits per heavy atom. The van der Waals surface area contributed by atoms with Crippen molar-refractivity contribution in [3.63, 3.8) is 0 Å². The molecule has 0 bridgehead atoms. The van der Waals surface area contributed by atoms with Crippen LogP contribution in [-0.2, 0) is 23.3 Å². The first-order valence-corrected chi connectivity index (χ1v) is 23.1. The van der Waals surface area contributed by atoms with Crippen molar-refractivity contribution in [3.05, 3.63) is 192 Å². The summed E-state index contributed by atoms with van der Waals surface area (Å²) in [5.74, 6) is 0.864. The lowest BCUT2D eigenvalue weighted by molar-refractivity contribution is -0.131. The van der Waals surface area contributed by atoms with Crippen molar-refractivity contribution in [2.75, 3.05) is 56.2 Å². The van der Waals surface area contributed by atoms with Crippen molar-refractivity contribution in [3.8, 4) is 17.8 Å². The fourth-order valence-electron chi connectivity index (χ4n) is 10.5. The zero-order chi connectivity index (χ0) is 45.0. The van der Waals surface area contributed by atoms with E-state index in [1.54, 1.807) is 6.07 Å². The predicted octanol–water partition coefficient (Wildman–Crippen LogP) is 8.56. The molecule has 4 aliphatic heterocycles. The molecule has 66 heavy (non-hydrogen) atoms. The molecule has 0 radical (unpaired) electrons. The predicted molar refractivity (Wildman–Crippen MR) is 259 cm³/mol. The van der Waals surface area contributed by atoms with E-state index in [-0.39, 0.29) is 24.1 Å². The van der Waals surface area contributed by atoms with E-state index in [4.69, 9.17) is 14.7 Å². The summed E-state index contributed by atoms with van der Waals surface area (Å²) in [6, 6.07) is 45.5. The number of carbonyl (C=O) groups excluding carboxylic acids is 1. The number of allylic oxidation sites excluding steroid dienone is 4. The molecule has 2 atom stereocenters. The first-order chi connectivity index (χ1) is 32.4. The molecule has 0 aliphatic carbocycles. The second-order valence-corrected chi connectivity index (χ2v) is 17.6. The van der Waals surface area contributed by atoms with Crippen molar-refractivity contribution >= 4 is 28.2 Å². The molecule has 0 saturated carbocycles. The summed E-state index contributed by atoms with van der Waals surface area (Å²) >= 11 is 0. The van der Waals surface area contributed by atoms with Gasteiger partial charge in [0.15, 0.2) is 0 Å². The Morgan fingerprint density at radius 1 is 0.803 bits per heavy atom. The first kappa shape index (κ1) is 42.5. The quantitative estimate of drug-likeness (QED) is 0.127. The Balaban J connectivity index is 0.999. The van der Waals surface area contributed by atoms with Gasteiger partial charge in [-0.2, -0.15) is 15.2 Å². The second-order valence-electron chi connectivity index (χ2n) is 17.6. The van der Waals surface area contributed by atoms with Crippen LogP contribution in [0.25, 0.3) is 10.8 Å². The summed E-state index contributed by atoms with van der Waals surface area (Å²) in [4.78, 5) is 36.7. The third kappa shape index (κ3) is 8.02. The number of phenols is 1. The first-order valence-electron chi connectivity index (χ1n) is 23.1. The smallest absolute Gasteiger partial charge is 0.318 e. The van der Waals surface area contributed by atoms with Gasteiger partial charge in [0.05, 0.1) is 30.8 Å². The molecule has 5 aromatic carbocycles. The molecule has 1 aromatic heterocycles. The Bertz CT molecular complexity index is 2750. The fourth-order valence-corrected chi connectivity index (χ4v) is 10.5. The van der Waals surface area contributed by atoms with Crippen LogP contribution < -0.4 is 14.5 Å². The number of nitriles is 1. The number of piperazine rings is 1. The summed E-state index contributed by atoms with van der Waals surface area (Å²) in [6.45, 7) is 4.02. The molecule has 11 nitrogen and oxygen atoms in total. The van der Waals surface area contributed by atoms with E-state index in [9.17, 15) is 10.4 Å². The van der Waals surface area contributed by atoms with E-state index in [0.29, 0.717) is 57.5 Å². The lowest BCUT2D eigenvalue weighted by Gasteiger charge is -2.48. The van der Waals surface area contributed by atoms with E-state index in [1.165, 1.54) is 0 Å². The lowest BCUT2D eigenvalue weighted by Crippen LogP contribution is -2.58. The van der Waals surface area contributed by atoms with Gasteiger partial charge in [-0.3, -0.25) is 4.79 Å². The highest BCUT2D eigenvalue weighted by Gasteiger charge is 2.46. The highest BCUT2D eigenvalue weighted by atomic mass is 16.5. The SMILES string of the molecule is CN1CCCC1COc1nc2c(c(N3CCN(C(=O)C4=CC=CC=CN4C(c4ccccc4)(c4ccccc4)c4ccccc4)C(CC#N)C3)n1)CCN(c1cc(O)cc3ccccc13)C2. The number of benzene rings is 5. The minimum absolute atomic E-state index is 0.144. The lowest BCUT2D eigenvalue weighted by atomic mass is 9.75. The van der Waals surface area contributed by atoms with Gasteiger partial charge in [0.2, 0.25) is 0 Å². The van der Waals surface area contributed by atoms with E-state index in [0.717, 1.165) is 69.6 Å². The standard InChI is InChI=1S/C55H54N8O3/c1-59-30-16-24-45(59)39-66-54-57-49-38-60(51-36-46(64)35-40-17-13-14-25-47(40)51)32-28-48(49)52(58-54)61-33-34-62(44(37-61)27-29-56)53(65)50-26-12-5-15-31-63(50)55(41-18-6-2-7-19-41,42-20-8-3-9-21-42)43-22-10-4-11-23-43/h2-15,17-23,25-26,31,35-36,44-45,64H,16,24,27-28,30,32-34,37-39H2,1H3. The molecule has 10 rings (SSSR count). The average Bonchev–Trinajstić information content (AvgIpc) is 3.62. The fraction of sp³-hybridized carbons (Fsp3) is 0.273. The number of hydrogen-bond acceptors (Lipinski definition) is 10. The molecular weight excluding hydrogens is 821 g/mol. The molecule has 5 heterocycles. The molecule has 2 fully saturated rings. The van der Waals surface area contributed by atoms with Crippen LogP contribution in [0.3, 0.4) is 0 Å². The van der Waals surface area contributed by atoms with Crippen molar-refractivity contribution in [1.82, 2.24) is 24.7 Å². The minimum Gasteiger partial charge on any atom is -0.508 e. The number of nitrogens with zero attached hydrogens (tertiary/aromatic N) is 8. The maximum atomic E-state index is 15.5. The summed E-state index contributed by atoms with van der Waals surface area (Å²) in [5.41, 5.74) is 5.47. The molecule has 4 aliphatic rings. The molecule has 1 N–H and O–H groups in total. The van der Waals surface area contributed by atoms with Crippen molar-refractivity contribution < 1.29 is 14.6 Å². The average molecular weight is 875 g/mol. The van der Waals surface area contributed by atoms with Crippen molar-refractivity contribution in [2.45, 2.75) is 49.9 Å². The van der Waals surface area contributed by atoms with Crippen LogP contribution in [0, 0.1) is 11.3 Å². The Hall–Kier alpha value is -7.42. The summed E-state index contributed by atoms with van der Waals surface area (Å²) in [5, 5.41) is 23.2. The van der Waals surface area contributed by atoms with Gasteiger partial charge >= 0.3 is 6.01 Å². The Morgan fingerprint density at radius 2 is 1.50 bits per heavy atom. The van der Waals surface area contributed by atoms with Crippen LogP contribution in [0.2, 0.25) is 0 Å². The number of amides is 1. The largest absolute Gasteiger partial charge is 0.508 e. The third-order valence-corrected chi connectivity index (χ3v) is 13.8. The van der Waals surface area contributed by atoms with Crippen LogP contribution in [0.1, 0.15) is 47.2 Å². The Kier molecular flexibility index (Phi) is 12.0. The van der Waals surface area contributed by atoms with Gasteiger partial charge in [-0.15, -0.1) is 0 Å². The van der Waals surface area contributed by atoms with Gasteiger partial charge in [-0.1, -0.05) is 127 Å². The molecule has 0 spiro atoms. The number of carbonyl (C=O) groups is 1. The van der Waals surface area contributed by atoms with Crippen molar-refractivity contribution in [2.24, 2.45) is 0 Å². The molecule has 2 saturated heterocycles. The van der Waals surface area contributed by atoms with Gasteiger partial charge in [0.1, 0.15) is 29.4 Å². The topological polar surface area (TPSA) is 112 Å². The number of likely N-dealkylation sites (tertiary alicyclic amines) is 1. The van der Waals surface area contributed by atoms with E-state index in [2.05, 4.69) is 75.2 Å². The van der Waals surface area contributed by atoms with E-state index < -0.39 is 11.6 Å². The number of anilines is 2. The van der Waals surface area contributed by atoms with E-state index in [1.807, 2.05) is 114 Å². The van der Waals surface area contributed by atoms with Crippen LogP contribution >= 0.6 is 0 Å². The van der Waals surface area contributed by atoms with Gasteiger partial charge in [0.25, 0.3) is 5.91 Å². The van der Waals surface area contributed by atoms with Gasteiger partial charge in [-0.25, -0.2) is 0 Å². The highest BCUT2D eigenvalue weighted by molar-refractivity contribution is 5.96. The van der Waals surface area contributed by atoms with Crippen LogP contribution in [-0.4, -0.2) is 94.1 Å². The number of likely N-dealkylation sites (N-methyl/N-ethyl adjacent to an activating group) is 1. The van der Waals surface area contributed by atoms with Crippen LogP contribution in [0.15, 0.2) is 164 Å². The molecule has 11 heteroatoms. The van der Waals surface area contributed by atoms with Gasteiger partial charge in [0, 0.05) is 61.1 Å². The summed E-state index contributed by atoms with van der Waals surface area (Å²) in [6.07, 6.45) is 12.8. The normalized spacial score (nSPS) is 18.8. The number of fused-ring (bicyclic) bond motifs is 2. The molecular formula is C55H54N8O3. The molecule has 332 valence electrons. The van der Waals surface area contributed by atoms with Crippen LogP contribution in [0.5, 0.6) is 11.8 Å². The molecule has 6 aromatic rings. The highest BCUT2D eigenvalue weighted by Crippen LogP contribution is 2.46. The molecule has 1 amide bonds. The van der Waals surface area contributed by atoms with Crippen LogP contribution in [0.4, 0.5) is 11.5 Å². The molecule has 2 unspecified atom stereocenters. The maximum Gasteiger partial charge on any atom is 0.318 e. The maximum absolute atomic E-state index is 15.5. The van der Waals surface area contributed by atoms with Gasteiger partial charge < -0.3 is 34.3 Å². The second kappa shape index (κ2) is 18.6. The number of aromatic hydroxyl groups is 1. The monoisotopic (exact) mass is 874 g/mol. The number of aromatic nitrogens is 2. The van der Waals surface area contributed by atoms with Crippen molar-refractivity contribution in [1.29, 1.82) is 5.26 Å². The minimum atomic E-state index is -0.928. The Labute approximate surface area is 386 Å². The van der Waals surface area contributed by atoms with Gasteiger partial charge in [-0.05, 0) is 73.1 Å². The number of phenolic OH excluding ortho intramolecular Hbond substituents is 1.